The van der Waals surface area contributed by atoms with Crippen LogP contribution in [0.25, 0.3) is 11.1 Å². The lowest BCUT2D eigenvalue weighted by molar-refractivity contribution is 0.456. The maximum Gasteiger partial charge on any atom is 0.214 e. The monoisotopic (exact) mass is 323 g/mol. The third-order valence-electron chi connectivity index (χ3n) is 3.82. The number of nitrogens with zero attached hydrogens (tertiary/aromatic N) is 1. The van der Waals surface area contributed by atoms with Crippen LogP contribution >= 0.6 is 0 Å². The Hall–Kier alpha value is -1.44. The summed E-state index contributed by atoms with van der Waals surface area (Å²) in [6.07, 6.45) is 1.55. The third-order valence-corrected chi connectivity index (χ3v) is 5.74. The van der Waals surface area contributed by atoms with E-state index in [1.807, 2.05) is 32.0 Å². The molecule has 0 amide bonds. The van der Waals surface area contributed by atoms with Crippen LogP contribution in [0.15, 0.2) is 22.6 Å². The molecule has 0 saturated heterocycles. The van der Waals surface area contributed by atoms with E-state index in [-0.39, 0.29) is 11.3 Å². The van der Waals surface area contributed by atoms with E-state index >= 15 is 0 Å². The minimum absolute atomic E-state index is 0.00429. The first-order chi connectivity index (χ1) is 10.5. The molecule has 1 heterocycles. The highest BCUT2D eigenvalue weighted by Gasteiger charge is 2.35. The van der Waals surface area contributed by atoms with Crippen molar-refractivity contribution in [2.24, 2.45) is 0 Å². The zero-order valence-electron chi connectivity index (χ0n) is 12.8. The highest BCUT2D eigenvalue weighted by atomic mass is 32.2. The Bertz CT molecular complexity index is 765. The van der Waals surface area contributed by atoms with Crippen molar-refractivity contribution < 1.29 is 12.8 Å². The van der Waals surface area contributed by atoms with Crippen molar-refractivity contribution in [2.45, 2.75) is 44.5 Å². The molecule has 0 unspecified atom stereocenters. The summed E-state index contributed by atoms with van der Waals surface area (Å²) >= 11 is 0. The number of hydrogen-bond acceptors (Lipinski definition) is 5. The van der Waals surface area contributed by atoms with Crippen molar-refractivity contribution >= 4 is 21.1 Å². The van der Waals surface area contributed by atoms with Gasteiger partial charge in [0.1, 0.15) is 5.52 Å². The van der Waals surface area contributed by atoms with Gasteiger partial charge in [-0.15, -0.1) is 0 Å². The minimum Gasteiger partial charge on any atom is -0.439 e. The summed E-state index contributed by atoms with van der Waals surface area (Å²) in [6, 6.07) is 5.84. The van der Waals surface area contributed by atoms with Crippen LogP contribution in [0.5, 0.6) is 0 Å². The van der Waals surface area contributed by atoms with Gasteiger partial charge in [-0.2, -0.15) is 0 Å². The summed E-state index contributed by atoms with van der Waals surface area (Å²) < 4.78 is 31.8. The van der Waals surface area contributed by atoms with E-state index in [1.54, 1.807) is 0 Å². The Kier molecular flexibility index (Phi) is 4.20. The molecule has 1 saturated carbocycles. The average Bonchev–Trinajstić information content (AvgIpc) is 3.25. The second kappa shape index (κ2) is 5.98. The number of aryl methyl sites for hydroxylation is 1. The van der Waals surface area contributed by atoms with E-state index in [2.05, 4.69) is 15.0 Å². The lowest BCUT2D eigenvalue weighted by atomic mass is 10.2. The lowest BCUT2D eigenvalue weighted by Gasteiger charge is -2.13. The van der Waals surface area contributed by atoms with E-state index in [9.17, 15) is 8.42 Å². The highest BCUT2D eigenvalue weighted by Crippen LogP contribution is 2.27. The van der Waals surface area contributed by atoms with Crippen LogP contribution in [-0.2, 0) is 16.6 Å². The molecule has 0 aliphatic heterocycles. The summed E-state index contributed by atoms with van der Waals surface area (Å²) in [5, 5.41) is 3.05. The molecule has 2 N–H and O–H groups in total. The molecule has 6 nitrogen and oxygen atoms in total. The lowest BCUT2D eigenvalue weighted by Crippen LogP contribution is -2.39. The van der Waals surface area contributed by atoms with Crippen molar-refractivity contribution in [3.63, 3.8) is 0 Å². The minimum atomic E-state index is -3.12. The van der Waals surface area contributed by atoms with Gasteiger partial charge >= 0.3 is 0 Å². The molecule has 1 aliphatic rings. The predicted molar refractivity (Wildman–Crippen MR) is 85.0 cm³/mol. The van der Waals surface area contributed by atoms with Crippen molar-refractivity contribution in [3.05, 3.63) is 29.7 Å². The Morgan fingerprint density at radius 3 is 2.86 bits per heavy atom. The molecule has 0 radical (unpaired) electrons. The van der Waals surface area contributed by atoms with Gasteiger partial charge in [-0.05, 0) is 38.3 Å². The first kappa shape index (κ1) is 15.5. The van der Waals surface area contributed by atoms with Gasteiger partial charge in [-0.25, -0.2) is 18.1 Å². The number of aromatic nitrogens is 1. The SMILES string of the molecule is Cc1cccc2oc(CN[C@H](C)CNS(=O)(=O)C3CC3)nc12. The molecule has 7 heteroatoms. The van der Waals surface area contributed by atoms with E-state index < -0.39 is 10.0 Å². The summed E-state index contributed by atoms with van der Waals surface area (Å²) in [4.78, 5) is 4.46. The molecule has 1 aliphatic carbocycles. The summed E-state index contributed by atoms with van der Waals surface area (Å²) in [7, 11) is -3.12. The Morgan fingerprint density at radius 2 is 2.18 bits per heavy atom. The Labute approximate surface area is 130 Å². The zero-order valence-corrected chi connectivity index (χ0v) is 13.6. The standard InChI is InChI=1S/C15H21N3O3S/c1-10-4-3-5-13-15(10)18-14(21-13)9-16-11(2)8-17-22(19,20)12-6-7-12/h3-5,11-12,16-17H,6-9H2,1-2H3/t11-/m1/s1. The van der Waals surface area contributed by atoms with Crippen LogP contribution < -0.4 is 10.0 Å². The molecule has 1 aromatic heterocycles. The second-order valence-corrected chi connectivity index (χ2v) is 7.95. The number of sulfonamides is 1. The average molecular weight is 323 g/mol. The van der Waals surface area contributed by atoms with Gasteiger partial charge in [0.05, 0.1) is 11.8 Å². The van der Waals surface area contributed by atoms with Gasteiger partial charge in [-0.3, -0.25) is 0 Å². The molecule has 0 bridgehead atoms. The molecular weight excluding hydrogens is 302 g/mol. The van der Waals surface area contributed by atoms with E-state index in [4.69, 9.17) is 4.42 Å². The molecule has 0 spiro atoms. The molecule has 120 valence electrons. The number of oxazole rings is 1. The maximum atomic E-state index is 11.8. The fourth-order valence-electron chi connectivity index (χ4n) is 2.28. The van der Waals surface area contributed by atoms with Crippen LogP contribution in [0, 0.1) is 6.92 Å². The van der Waals surface area contributed by atoms with Crippen LogP contribution in [0.2, 0.25) is 0 Å². The molecule has 1 aromatic carbocycles. The van der Waals surface area contributed by atoms with Gasteiger partial charge in [-0.1, -0.05) is 12.1 Å². The number of fused-ring (bicyclic) bond motifs is 1. The molecule has 22 heavy (non-hydrogen) atoms. The number of benzene rings is 1. The first-order valence-corrected chi connectivity index (χ1v) is 9.07. The van der Waals surface area contributed by atoms with Crippen molar-refractivity contribution in [1.29, 1.82) is 0 Å². The second-order valence-electron chi connectivity index (χ2n) is 5.90. The van der Waals surface area contributed by atoms with Crippen molar-refractivity contribution in [1.82, 2.24) is 15.0 Å². The fraction of sp³-hybridized carbons (Fsp3) is 0.533. The smallest absolute Gasteiger partial charge is 0.214 e. The Balaban J connectivity index is 1.53. The van der Waals surface area contributed by atoms with E-state index in [0.717, 1.165) is 29.5 Å². The predicted octanol–water partition coefficient (Wildman–Crippen LogP) is 1.70. The first-order valence-electron chi connectivity index (χ1n) is 7.52. The van der Waals surface area contributed by atoms with Crippen molar-refractivity contribution in [2.75, 3.05) is 6.54 Å². The molecule has 2 aromatic rings. The Morgan fingerprint density at radius 1 is 1.41 bits per heavy atom. The van der Waals surface area contributed by atoms with Crippen LogP contribution in [0.4, 0.5) is 0 Å². The molecular formula is C15H21N3O3S. The maximum absolute atomic E-state index is 11.8. The van der Waals surface area contributed by atoms with Gasteiger partial charge in [0.15, 0.2) is 5.58 Å². The molecule has 1 atom stereocenters. The summed E-state index contributed by atoms with van der Waals surface area (Å²) in [5.74, 6) is 0.612. The van der Waals surface area contributed by atoms with Gasteiger partial charge in [0, 0.05) is 12.6 Å². The number of rotatable bonds is 7. The van der Waals surface area contributed by atoms with Gasteiger partial charge in [0.2, 0.25) is 15.9 Å². The summed E-state index contributed by atoms with van der Waals surface area (Å²) in [6.45, 7) is 4.78. The summed E-state index contributed by atoms with van der Waals surface area (Å²) in [5.41, 5.74) is 2.73. The number of hydrogen-bond donors (Lipinski definition) is 2. The van der Waals surface area contributed by atoms with Crippen LogP contribution in [0.3, 0.4) is 0 Å². The van der Waals surface area contributed by atoms with E-state index in [1.165, 1.54) is 0 Å². The van der Waals surface area contributed by atoms with Gasteiger partial charge in [0.25, 0.3) is 0 Å². The zero-order chi connectivity index (χ0) is 15.7. The highest BCUT2D eigenvalue weighted by molar-refractivity contribution is 7.90. The van der Waals surface area contributed by atoms with Crippen LogP contribution in [0.1, 0.15) is 31.2 Å². The topological polar surface area (TPSA) is 84.2 Å². The number of nitrogens with one attached hydrogen (secondary N) is 2. The quantitative estimate of drug-likeness (QED) is 0.810. The third kappa shape index (κ3) is 3.48. The largest absolute Gasteiger partial charge is 0.439 e. The number of para-hydroxylation sites is 1. The van der Waals surface area contributed by atoms with E-state index in [0.29, 0.717) is 19.0 Å². The fourth-order valence-corrected chi connectivity index (χ4v) is 3.75. The van der Waals surface area contributed by atoms with Crippen LogP contribution in [-0.4, -0.2) is 31.2 Å². The molecule has 1 fully saturated rings. The molecule has 3 rings (SSSR count). The van der Waals surface area contributed by atoms with Crippen molar-refractivity contribution in [3.8, 4) is 0 Å². The van der Waals surface area contributed by atoms with Gasteiger partial charge < -0.3 is 9.73 Å². The normalized spacial score (nSPS) is 17.0.